The first-order valence-corrected chi connectivity index (χ1v) is 19.0. The van der Waals surface area contributed by atoms with Gasteiger partial charge in [0, 0.05) is 28.1 Å². The summed E-state index contributed by atoms with van der Waals surface area (Å²) in [5.41, 5.74) is 14.1. The third-order valence-electron chi connectivity index (χ3n) is 11.9. The number of rotatable bonds is 4. The van der Waals surface area contributed by atoms with E-state index in [9.17, 15) is 0 Å². The number of aromatic nitrogens is 1. The second-order valence-corrected chi connectivity index (χ2v) is 14.9. The molecule has 0 amide bonds. The SMILES string of the molecule is C1=C(N(c2ccc3c(c2)-c2cccc4cc5ccccc5c-3c24)c2ccc3ccccc3c2)CCc2c1n(-c1ccc3ccccc3c1)c1ccccc21. The van der Waals surface area contributed by atoms with Gasteiger partial charge in [0.05, 0.1) is 11.2 Å². The predicted octanol–water partition coefficient (Wildman–Crippen LogP) is 14.0. The molecule has 0 saturated heterocycles. The Morgan fingerprint density at radius 2 is 1.09 bits per heavy atom. The molecule has 2 aliphatic rings. The first-order chi connectivity index (χ1) is 26.8. The van der Waals surface area contributed by atoms with E-state index in [1.807, 2.05) is 0 Å². The summed E-state index contributed by atoms with van der Waals surface area (Å²) < 4.78 is 2.49. The lowest BCUT2D eigenvalue weighted by atomic mass is 9.95. The van der Waals surface area contributed by atoms with Crippen molar-refractivity contribution in [3.05, 3.63) is 193 Å². The van der Waals surface area contributed by atoms with Crippen LogP contribution < -0.4 is 4.90 Å². The molecule has 0 N–H and O–H groups in total. The Morgan fingerprint density at radius 3 is 1.94 bits per heavy atom. The molecule has 9 aromatic carbocycles. The molecule has 54 heavy (non-hydrogen) atoms. The number of hydrogen-bond donors (Lipinski definition) is 0. The van der Waals surface area contributed by atoms with E-state index in [0.717, 1.165) is 12.8 Å². The third kappa shape index (κ3) is 4.28. The Hall–Kier alpha value is -6.90. The van der Waals surface area contributed by atoms with E-state index >= 15 is 0 Å². The number of para-hydroxylation sites is 1. The fraction of sp³-hybridized carbons (Fsp3) is 0.0385. The lowest BCUT2D eigenvalue weighted by Gasteiger charge is -2.31. The van der Waals surface area contributed by atoms with Crippen molar-refractivity contribution in [1.82, 2.24) is 4.57 Å². The highest BCUT2D eigenvalue weighted by molar-refractivity contribution is 6.24. The average Bonchev–Trinajstić information content (AvgIpc) is 3.74. The highest BCUT2D eigenvalue weighted by Gasteiger charge is 2.28. The minimum Gasteiger partial charge on any atom is -0.314 e. The lowest BCUT2D eigenvalue weighted by Crippen LogP contribution is -2.19. The van der Waals surface area contributed by atoms with Crippen molar-refractivity contribution < 1.29 is 0 Å². The van der Waals surface area contributed by atoms with Crippen LogP contribution in [-0.2, 0) is 6.42 Å². The minimum atomic E-state index is 0.934. The number of benzene rings is 9. The Balaban J connectivity index is 1.09. The van der Waals surface area contributed by atoms with Crippen LogP contribution in [0.25, 0.3) is 88.0 Å². The van der Waals surface area contributed by atoms with Gasteiger partial charge in [0.25, 0.3) is 0 Å². The largest absolute Gasteiger partial charge is 0.314 e. The van der Waals surface area contributed by atoms with Crippen molar-refractivity contribution in [2.24, 2.45) is 0 Å². The molecule has 252 valence electrons. The van der Waals surface area contributed by atoms with Crippen molar-refractivity contribution in [2.45, 2.75) is 12.8 Å². The van der Waals surface area contributed by atoms with Crippen LogP contribution in [0.2, 0.25) is 0 Å². The van der Waals surface area contributed by atoms with Crippen molar-refractivity contribution >= 4 is 71.4 Å². The molecule has 1 heterocycles. The number of fused-ring (bicyclic) bond motifs is 10. The molecular weight excluding hydrogens is 653 g/mol. The molecule has 0 unspecified atom stereocenters. The van der Waals surface area contributed by atoms with Gasteiger partial charge >= 0.3 is 0 Å². The molecule has 0 spiro atoms. The highest BCUT2D eigenvalue weighted by Crippen LogP contribution is 2.52. The Morgan fingerprint density at radius 1 is 0.426 bits per heavy atom. The number of anilines is 2. The third-order valence-corrected chi connectivity index (χ3v) is 11.9. The van der Waals surface area contributed by atoms with Gasteiger partial charge in [-0.3, -0.25) is 0 Å². The van der Waals surface area contributed by atoms with Crippen LogP contribution in [0.3, 0.4) is 0 Å². The number of aryl methyl sites for hydroxylation is 1. The fourth-order valence-corrected chi connectivity index (χ4v) is 9.53. The molecule has 0 aliphatic heterocycles. The summed E-state index contributed by atoms with van der Waals surface area (Å²) >= 11 is 0. The maximum atomic E-state index is 2.53. The normalized spacial score (nSPS) is 13.1. The van der Waals surface area contributed by atoms with Crippen LogP contribution in [0.5, 0.6) is 0 Å². The van der Waals surface area contributed by atoms with Gasteiger partial charge in [-0.2, -0.15) is 0 Å². The molecule has 2 aliphatic carbocycles. The summed E-state index contributed by atoms with van der Waals surface area (Å²) in [5, 5.41) is 11.6. The van der Waals surface area contributed by atoms with E-state index in [-0.39, 0.29) is 0 Å². The Kier molecular flexibility index (Phi) is 6.20. The number of nitrogens with zero attached hydrogens (tertiary/aromatic N) is 2. The minimum absolute atomic E-state index is 0.934. The summed E-state index contributed by atoms with van der Waals surface area (Å²) in [5.74, 6) is 0. The Labute approximate surface area is 313 Å². The zero-order valence-electron chi connectivity index (χ0n) is 29.6. The first kappa shape index (κ1) is 29.7. The molecule has 0 saturated carbocycles. The van der Waals surface area contributed by atoms with Gasteiger partial charge in [0.15, 0.2) is 0 Å². The fourth-order valence-electron chi connectivity index (χ4n) is 9.53. The van der Waals surface area contributed by atoms with Crippen LogP contribution in [0.15, 0.2) is 182 Å². The number of allylic oxidation sites excluding steroid dienone is 1. The first-order valence-electron chi connectivity index (χ1n) is 19.0. The van der Waals surface area contributed by atoms with Crippen molar-refractivity contribution in [1.29, 1.82) is 0 Å². The van der Waals surface area contributed by atoms with Crippen LogP contribution in [0.1, 0.15) is 17.7 Å². The van der Waals surface area contributed by atoms with Crippen LogP contribution >= 0.6 is 0 Å². The summed E-state index contributed by atoms with van der Waals surface area (Å²) in [6.45, 7) is 0. The van der Waals surface area contributed by atoms with Gasteiger partial charge in [-0.15, -0.1) is 0 Å². The average molecular weight is 687 g/mol. The molecule has 2 nitrogen and oxygen atoms in total. The van der Waals surface area contributed by atoms with Crippen LogP contribution in [0, 0.1) is 0 Å². The van der Waals surface area contributed by atoms with Crippen molar-refractivity contribution in [3.8, 4) is 27.9 Å². The molecule has 2 heteroatoms. The summed E-state index contributed by atoms with van der Waals surface area (Å²) in [6, 6.07) is 65.3. The van der Waals surface area contributed by atoms with E-state index in [4.69, 9.17) is 0 Å². The summed E-state index contributed by atoms with van der Waals surface area (Å²) in [4.78, 5) is 2.53. The molecular formula is C52H34N2. The summed E-state index contributed by atoms with van der Waals surface area (Å²) in [7, 11) is 0. The van der Waals surface area contributed by atoms with E-state index in [0.29, 0.717) is 0 Å². The highest BCUT2D eigenvalue weighted by atomic mass is 15.2. The second kappa shape index (κ2) is 11.3. The zero-order chi connectivity index (χ0) is 35.3. The molecule has 1 aromatic heterocycles. The van der Waals surface area contributed by atoms with Gasteiger partial charge < -0.3 is 9.47 Å². The van der Waals surface area contributed by atoms with Gasteiger partial charge in [0.1, 0.15) is 0 Å². The Bertz CT molecular complexity index is 3230. The molecule has 10 aromatic rings. The molecule has 0 bridgehead atoms. The molecule has 0 radical (unpaired) electrons. The van der Waals surface area contributed by atoms with Crippen molar-refractivity contribution in [2.75, 3.05) is 4.90 Å². The molecule has 12 rings (SSSR count). The number of hydrogen-bond acceptors (Lipinski definition) is 1. The van der Waals surface area contributed by atoms with Crippen LogP contribution in [0.4, 0.5) is 11.4 Å². The van der Waals surface area contributed by atoms with E-state index in [1.165, 1.54) is 110 Å². The monoisotopic (exact) mass is 686 g/mol. The smallest absolute Gasteiger partial charge is 0.0537 e. The van der Waals surface area contributed by atoms with Crippen LogP contribution in [-0.4, -0.2) is 4.57 Å². The maximum Gasteiger partial charge on any atom is 0.0537 e. The molecule has 0 atom stereocenters. The topological polar surface area (TPSA) is 8.17 Å². The standard InChI is InChI=1S/C52H34N2/c1-3-12-35-29-39(22-20-33(35)10-1)53(41-25-27-47-48(31-41)46-18-9-15-38-28-37-14-5-6-16-43(37)52(47)51(38)46)42-24-26-45-44-17-7-8-19-49(44)54(50(45)32-42)40-23-21-34-11-2-4-13-36(34)30-40/h1-23,25,27-32H,24,26H2. The van der Waals surface area contributed by atoms with Crippen molar-refractivity contribution in [3.63, 3.8) is 0 Å². The zero-order valence-corrected chi connectivity index (χ0v) is 29.6. The van der Waals surface area contributed by atoms with Gasteiger partial charge in [-0.25, -0.2) is 0 Å². The summed E-state index contributed by atoms with van der Waals surface area (Å²) in [6.07, 6.45) is 4.37. The lowest BCUT2D eigenvalue weighted by molar-refractivity contribution is 0.887. The van der Waals surface area contributed by atoms with E-state index < -0.39 is 0 Å². The molecule has 0 fully saturated rings. The van der Waals surface area contributed by atoms with E-state index in [1.54, 1.807) is 0 Å². The van der Waals surface area contributed by atoms with Gasteiger partial charge in [-0.05, 0) is 138 Å². The van der Waals surface area contributed by atoms with Gasteiger partial charge in [0.2, 0.25) is 0 Å². The maximum absolute atomic E-state index is 2.53. The second-order valence-electron chi connectivity index (χ2n) is 14.9. The van der Waals surface area contributed by atoms with E-state index in [2.05, 4.69) is 191 Å². The quantitative estimate of drug-likeness (QED) is 0.167. The predicted molar refractivity (Wildman–Crippen MR) is 229 cm³/mol. The van der Waals surface area contributed by atoms with Gasteiger partial charge in [-0.1, -0.05) is 127 Å².